The van der Waals surface area contributed by atoms with Crippen LogP contribution < -0.4 is 5.56 Å². The summed E-state index contributed by atoms with van der Waals surface area (Å²) in [5.41, 5.74) is -0.817. The first-order valence-corrected chi connectivity index (χ1v) is 5.02. The fraction of sp³-hybridized carbons (Fsp3) is 0.444. The van der Waals surface area contributed by atoms with Crippen molar-refractivity contribution < 1.29 is 9.90 Å². The van der Waals surface area contributed by atoms with Crippen LogP contribution >= 0.6 is 11.6 Å². The van der Waals surface area contributed by atoms with Crippen LogP contribution in [0.25, 0.3) is 0 Å². The standard InChI is InChI=1S/C9H9ClN2O3/c10-6-2-1-3-12-7(6)11-4-5(8(12)13)9(14)15/h4,6H,1-3H2,(H,14,15). The minimum absolute atomic E-state index is 0.297. The lowest BCUT2D eigenvalue weighted by Gasteiger charge is -2.21. The van der Waals surface area contributed by atoms with Crippen molar-refractivity contribution in [2.24, 2.45) is 0 Å². The Morgan fingerprint density at radius 2 is 2.40 bits per heavy atom. The van der Waals surface area contributed by atoms with Gasteiger partial charge in [-0.1, -0.05) is 0 Å². The molecule has 0 aliphatic carbocycles. The molecule has 0 aromatic carbocycles. The second-order valence-corrected chi connectivity index (χ2v) is 3.93. The Morgan fingerprint density at radius 1 is 1.67 bits per heavy atom. The van der Waals surface area contributed by atoms with Gasteiger partial charge in [0.05, 0.1) is 5.38 Å². The average Bonchev–Trinajstić information content (AvgIpc) is 2.19. The van der Waals surface area contributed by atoms with Crippen LogP contribution in [0.15, 0.2) is 11.0 Å². The lowest BCUT2D eigenvalue weighted by molar-refractivity contribution is 0.0693. The number of carboxylic acid groups (broad SMARTS) is 1. The molecular formula is C9H9ClN2O3. The minimum Gasteiger partial charge on any atom is -0.477 e. The van der Waals surface area contributed by atoms with E-state index in [4.69, 9.17) is 16.7 Å². The maximum atomic E-state index is 11.7. The minimum atomic E-state index is -1.25. The van der Waals surface area contributed by atoms with Gasteiger partial charge in [0.25, 0.3) is 5.56 Å². The summed E-state index contributed by atoms with van der Waals surface area (Å²) < 4.78 is 1.35. The normalized spacial score (nSPS) is 19.7. The van der Waals surface area contributed by atoms with Gasteiger partial charge < -0.3 is 5.11 Å². The molecule has 15 heavy (non-hydrogen) atoms. The highest BCUT2D eigenvalue weighted by Crippen LogP contribution is 2.27. The van der Waals surface area contributed by atoms with E-state index in [1.807, 2.05) is 0 Å². The molecule has 1 aliphatic rings. The van der Waals surface area contributed by atoms with Gasteiger partial charge >= 0.3 is 5.97 Å². The Bertz CT molecular complexity index is 469. The number of aromatic carboxylic acids is 1. The number of fused-ring (bicyclic) bond motifs is 1. The zero-order valence-corrected chi connectivity index (χ0v) is 8.57. The number of rotatable bonds is 1. The molecule has 0 fully saturated rings. The summed E-state index contributed by atoms with van der Waals surface area (Å²) >= 11 is 5.98. The van der Waals surface area contributed by atoms with Crippen LogP contribution in [0.4, 0.5) is 0 Å². The first-order valence-electron chi connectivity index (χ1n) is 4.58. The predicted octanol–water partition coefficient (Wildman–Crippen LogP) is 1.02. The van der Waals surface area contributed by atoms with Crippen molar-refractivity contribution in [3.63, 3.8) is 0 Å². The summed E-state index contributed by atoms with van der Waals surface area (Å²) in [4.78, 5) is 26.3. The lowest BCUT2D eigenvalue weighted by atomic mass is 10.1. The SMILES string of the molecule is O=C(O)c1cnc2n(c1=O)CCCC2Cl. The van der Waals surface area contributed by atoms with Gasteiger partial charge in [-0.3, -0.25) is 9.36 Å². The first kappa shape index (κ1) is 10.2. The molecule has 80 valence electrons. The quantitative estimate of drug-likeness (QED) is 0.729. The van der Waals surface area contributed by atoms with Gasteiger partial charge in [0.2, 0.25) is 0 Å². The van der Waals surface area contributed by atoms with Gasteiger partial charge in [-0.15, -0.1) is 11.6 Å². The van der Waals surface area contributed by atoms with Crippen LogP contribution in [0.5, 0.6) is 0 Å². The Hall–Kier alpha value is -1.36. The molecule has 1 N–H and O–H groups in total. The topological polar surface area (TPSA) is 72.2 Å². The molecule has 0 saturated carbocycles. The zero-order valence-electron chi connectivity index (χ0n) is 7.81. The van der Waals surface area contributed by atoms with Gasteiger partial charge in [-0.05, 0) is 12.8 Å². The third-order valence-electron chi connectivity index (χ3n) is 2.43. The van der Waals surface area contributed by atoms with Gasteiger partial charge in [-0.2, -0.15) is 0 Å². The Kier molecular flexibility index (Phi) is 2.48. The second kappa shape index (κ2) is 3.66. The van der Waals surface area contributed by atoms with Crippen molar-refractivity contribution in [1.82, 2.24) is 9.55 Å². The van der Waals surface area contributed by atoms with Gasteiger partial charge in [0.15, 0.2) is 0 Å². The fourth-order valence-corrected chi connectivity index (χ4v) is 2.00. The van der Waals surface area contributed by atoms with Crippen molar-refractivity contribution in [3.05, 3.63) is 27.9 Å². The number of carbonyl (C=O) groups is 1. The Morgan fingerprint density at radius 3 is 3.07 bits per heavy atom. The number of hydrogen-bond donors (Lipinski definition) is 1. The molecule has 0 radical (unpaired) electrons. The smallest absolute Gasteiger partial charge is 0.342 e. The number of alkyl halides is 1. The molecule has 5 nitrogen and oxygen atoms in total. The van der Waals surface area contributed by atoms with Crippen molar-refractivity contribution in [2.45, 2.75) is 24.8 Å². The molecule has 0 saturated heterocycles. The van der Waals surface area contributed by atoms with Crippen molar-refractivity contribution in [1.29, 1.82) is 0 Å². The van der Waals surface area contributed by atoms with Crippen molar-refractivity contribution in [2.75, 3.05) is 0 Å². The Labute approximate surface area is 90.3 Å². The molecule has 0 amide bonds. The number of carboxylic acids is 1. The van der Waals surface area contributed by atoms with E-state index in [0.717, 1.165) is 19.0 Å². The van der Waals surface area contributed by atoms with Crippen LogP contribution in [0.2, 0.25) is 0 Å². The number of hydrogen-bond acceptors (Lipinski definition) is 3. The molecule has 2 rings (SSSR count). The molecule has 0 bridgehead atoms. The maximum Gasteiger partial charge on any atom is 0.342 e. The van der Waals surface area contributed by atoms with Crippen LogP contribution in [-0.4, -0.2) is 20.6 Å². The Balaban J connectivity index is 2.62. The number of aromatic nitrogens is 2. The molecule has 6 heteroatoms. The maximum absolute atomic E-state index is 11.7. The number of nitrogens with zero attached hydrogens (tertiary/aromatic N) is 2. The number of halogens is 1. The average molecular weight is 229 g/mol. The van der Waals surface area contributed by atoms with Crippen LogP contribution in [0.3, 0.4) is 0 Å². The molecule has 1 aromatic rings. The molecule has 1 atom stereocenters. The zero-order chi connectivity index (χ0) is 11.0. The first-order chi connectivity index (χ1) is 7.11. The van der Waals surface area contributed by atoms with Gasteiger partial charge in [0, 0.05) is 12.7 Å². The van der Waals surface area contributed by atoms with E-state index in [-0.39, 0.29) is 10.9 Å². The highest BCUT2D eigenvalue weighted by molar-refractivity contribution is 6.20. The van der Waals surface area contributed by atoms with Gasteiger partial charge in [-0.25, -0.2) is 9.78 Å². The third kappa shape index (κ3) is 1.63. The molecular weight excluding hydrogens is 220 g/mol. The molecule has 0 spiro atoms. The predicted molar refractivity (Wildman–Crippen MR) is 53.3 cm³/mol. The summed E-state index contributed by atoms with van der Waals surface area (Å²) in [7, 11) is 0. The van der Waals surface area contributed by atoms with E-state index in [9.17, 15) is 9.59 Å². The van der Waals surface area contributed by atoms with E-state index in [2.05, 4.69) is 4.98 Å². The van der Waals surface area contributed by atoms with Crippen LogP contribution in [0.1, 0.15) is 34.4 Å². The monoisotopic (exact) mass is 228 g/mol. The van der Waals surface area contributed by atoms with Crippen molar-refractivity contribution >= 4 is 17.6 Å². The summed E-state index contributed by atoms with van der Waals surface area (Å²) in [5, 5.41) is 8.45. The van der Waals surface area contributed by atoms with Crippen LogP contribution in [-0.2, 0) is 6.54 Å². The molecule has 2 heterocycles. The van der Waals surface area contributed by atoms with E-state index in [1.54, 1.807) is 0 Å². The third-order valence-corrected chi connectivity index (χ3v) is 2.84. The summed E-state index contributed by atoms with van der Waals surface area (Å²) in [5.74, 6) is -0.780. The van der Waals surface area contributed by atoms with E-state index in [1.165, 1.54) is 4.57 Å². The molecule has 1 aromatic heterocycles. The highest BCUT2D eigenvalue weighted by Gasteiger charge is 2.23. The van der Waals surface area contributed by atoms with Crippen molar-refractivity contribution in [3.8, 4) is 0 Å². The van der Waals surface area contributed by atoms with Crippen LogP contribution in [0, 0.1) is 0 Å². The van der Waals surface area contributed by atoms with Gasteiger partial charge in [0.1, 0.15) is 11.4 Å². The highest BCUT2D eigenvalue weighted by atomic mass is 35.5. The van der Waals surface area contributed by atoms with E-state index >= 15 is 0 Å². The summed E-state index contributed by atoms with van der Waals surface area (Å²) in [6.45, 7) is 0.492. The molecule has 1 unspecified atom stereocenters. The lowest BCUT2D eigenvalue weighted by Crippen LogP contribution is -2.32. The van der Waals surface area contributed by atoms with E-state index < -0.39 is 11.5 Å². The second-order valence-electron chi connectivity index (χ2n) is 3.40. The largest absolute Gasteiger partial charge is 0.477 e. The fourth-order valence-electron chi connectivity index (χ4n) is 1.68. The summed E-state index contributed by atoms with van der Waals surface area (Å²) in [6.07, 6.45) is 2.61. The van der Waals surface area contributed by atoms with E-state index in [0.29, 0.717) is 12.4 Å². The molecule has 1 aliphatic heterocycles. The summed E-state index contributed by atoms with van der Waals surface area (Å²) in [6, 6.07) is 0.